The molecule has 2 fully saturated rings. The van der Waals surface area contributed by atoms with Crippen molar-refractivity contribution in [3.8, 4) is 0 Å². The lowest BCUT2D eigenvalue weighted by molar-refractivity contribution is -0.136. The van der Waals surface area contributed by atoms with Crippen LogP contribution in [0.25, 0.3) is 0 Å². The normalized spacial score (nSPS) is 20.4. The van der Waals surface area contributed by atoms with Gasteiger partial charge in [0, 0.05) is 44.7 Å². The van der Waals surface area contributed by atoms with Crippen LogP contribution in [0.5, 0.6) is 0 Å². The molecule has 1 N–H and O–H groups in total. The maximum absolute atomic E-state index is 13.0. The monoisotopic (exact) mass is 489 g/mol. The minimum atomic E-state index is -0.580. The van der Waals surface area contributed by atoms with Crippen LogP contribution in [-0.4, -0.2) is 66.3 Å². The Morgan fingerprint density at radius 3 is 2.53 bits per heavy atom. The van der Waals surface area contributed by atoms with E-state index in [2.05, 4.69) is 26.4 Å². The van der Waals surface area contributed by atoms with E-state index in [9.17, 15) is 19.3 Å². The minimum absolute atomic E-state index is 0.120. The molecule has 3 heterocycles. The van der Waals surface area contributed by atoms with Gasteiger partial charge < -0.3 is 9.80 Å². The van der Waals surface area contributed by atoms with Crippen molar-refractivity contribution < 1.29 is 14.4 Å². The summed E-state index contributed by atoms with van der Waals surface area (Å²) in [6.45, 7) is 5.08. The van der Waals surface area contributed by atoms with Gasteiger partial charge in [0.05, 0.1) is 5.69 Å². The number of anilines is 1. The highest BCUT2D eigenvalue weighted by Crippen LogP contribution is 2.31. The van der Waals surface area contributed by atoms with E-state index >= 15 is 0 Å². The lowest BCUT2D eigenvalue weighted by Crippen LogP contribution is -2.52. The molecule has 0 radical (unpaired) electrons. The number of nitrogens with one attached hydrogen (secondary N) is 1. The Kier molecular flexibility index (Phi) is 7.09. The molecule has 5 rings (SSSR count). The molecule has 188 valence electrons. The summed E-state index contributed by atoms with van der Waals surface area (Å²) in [6, 6.07) is 12.7. The number of benzene rings is 2. The molecule has 0 spiro atoms. The number of nitroso groups, excluding NO2 is 1. The van der Waals surface area contributed by atoms with Crippen molar-refractivity contribution >= 4 is 29.1 Å². The Hall–Kier alpha value is -3.59. The van der Waals surface area contributed by atoms with Gasteiger partial charge in [0.2, 0.25) is 11.8 Å². The summed E-state index contributed by atoms with van der Waals surface area (Å²) < 4.78 is 0. The second-order valence-corrected chi connectivity index (χ2v) is 9.71. The number of aryl methyl sites for hydroxylation is 1. The van der Waals surface area contributed by atoms with Crippen LogP contribution in [0, 0.1) is 4.91 Å². The minimum Gasteiger partial charge on any atom is -0.367 e. The quantitative estimate of drug-likeness (QED) is 0.348. The van der Waals surface area contributed by atoms with Crippen molar-refractivity contribution in [2.45, 2.75) is 44.7 Å². The smallest absolute Gasteiger partial charge is 0.255 e. The van der Waals surface area contributed by atoms with Gasteiger partial charge in [0.15, 0.2) is 0 Å². The van der Waals surface area contributed by atoms with Gasteiger partial charge in [-0.2, -0.15) is 0 Å². The zero-order valence-electron chi connectivity index (χ0n) is 20.3. The van der Waals surface area contributed by atoms with Crippen molar-refractivity contribution in [3.05, 3.63) is 64.1 Å². The number of carbonyl (C=O) groups excluding carboxylic acids is 3. The van der Waals surface area contributed by atoms with Gasteiger partial charge in [0.1, 0.15) is 11.7 Å². The maximum Gasteiger partial charge on any atom is 0.255 e. The highest BCUT2D eigenvalue weighted by molar-refractivity contribution is 6.05. The summed E-state index contributed by atoms with van der Waals surface area (Å²) >= 11 is 0. The van der Waals surface area contributed by atoms with Gasteiger partial charge in [-0.05, 0) is 66.7 Å². The van der Waals surface area contributed by atoms with E-state index in [0.29, 0.717) is 24.2 Å². The first-order valence-electron chi connectivity index (χ1n) is 12.7. The molecule has 0 saturated carbocycles. The van der Waals surface area contributed by atoms with Crippen molar-refractivity contribution in [2.75, 3.05) is 37.6 Å². The van der Waals surface area contributed by atoms with E-state index in [1.807, 2.05) is 30.3 Å². The molecule has 9 nitrogen and oxygen atoms in total. The fraction of sp³-hybridized carbons (Fsp3) is 0.444. The van der Waals surface area contributed by atoms with Gasteiger partial charge >= 0.3 is 0 Å². The van der Waals surface area contributed by atoms with Crippen LogP contribution in [-0.2, 0) is 22.6 Å². The number of unbranched alkanes of at least 4 members (excludes halogenated alkanes) is 1. The lowest BCUT2D eigenvalue weighted by atomic mass is 9.98. The van der Waals surface area contributed by atoms with Crippen LogP contribution in [0.15, 0.2) is 47.6 Å². The third-order valence-electron chi connectivity index (χ3n) is 7.54. The molecule has 2 aromatic carbocycles. The number of amides is 3. The van der Waals surface area contributed by atoms with E-state index in [-0.39, 0.29) is 24.1 Å². The van der Waals surface area contributed by atoms with Gasteiger partial charge in [-0.3, -0.25) is 24.6 Å². The zero-order chi connectivity index (χ0) is 25.1. The van der Waals surface area contributed by atoms with Gasteiger partial charge in [-0.25, -0.2) is 0 Å². The van der Waals surface area contributed by atoms with Crippen LogP contribution in [0.2, 0.25) is 0 Å². The largest absolute Gasteiger partial charge is 0.367 e. The Bertz CT molecular complexity index is 1170. The molecule has 1 unspecified atom stereocenters. The number of fused-ring (bicyclic) bond motifs is 1. The lowest BCUT2D eigenvalue weighted by Gasteiger charge is -2.36. The number of carbonyl (C=O) groups is 3. The Morgan fingerprint density at radius 1 is 0.944 bits per heavy atom. The number of nitrogens with zero attached hydrogens (tertiary/aromatic N) is 4. The fourth-order valence-corrected chi connectivity index (χ4v) is 5.56. The Labute approximate surface area is 210 Å². The molecule has 2 saturated heterocycles. The van der Waals surface area contributed by atoms with Crippen LogP contribution in [0.4, 0.5) is 11.4 Å². The molecule has 36 heavy (non-hydrogen) atoms. The number of hydrogen-bond acceptors (Lipinski definition) is 7. The van der Waals surface area contributed by atoms with Crippen molar-refractivity contribution in [1.82, 2.24) is 15.1 Å². The summed E-state index contributed by atoms with van der Waals surface area (Å²) in [5.41, 5.74) is 4.27. The van der Waals surface area contributed by atoms with E-state index in [0.717, 1.165) is 63.2 Å². The Balaban J connectivity index is 1.11. The molecular formula is C27H31N5O4. The van der Waals surface area contributed by atoms with E-state index in [1.54, 1.807) is 11.0 Å². The number of piperidine rings is 1. The molecule has 0 bridgehead atoms. The molecule has 3 aliphatic heterocycles. The fourth-order valence-electron chi connectivity index (χ4n) is 5.56. The third-order valence-corrected chi connectivity index (χ3v) is 7.54. The standard InChI is InChI=1S/C27H31N5O4/c33-25-12-11-24(26(34)28-25)32-18-21-19(7-5-8-20(21)27(32)35)6-3-4-13-30-14-16-31(17-15-30)23-10-2-1-9-22(23)29-36/h1-2,5,7-10,24H,3-4,6,11-18H2,(H,28,33,34). The van der Waals surface area contributed by atoms with Crippen LogP contribution < -0.4 is 10.2 Å². The first-order valence-corrected chi connectivity index (χ1v) is 12.7. The summed E-state index contributed by atoms with van der Waals surface area (Å²) in [5, 5.41) is 5.52. The van der Waals surface area contributed by atoms with Crippen molar-refractivity contribution in [1.29, 1.82) is 0 Å². The number of piperazine rings is 1. The van der Waals surface area contributed by atoms with Crippen LogP contribution >= 0.6 is 0 Å². The van der Waals surface area contributed by atoms with Crippen LogP contribution in [0.3, 0.4) is 0 Å². The Morgan fingerprint density at radius 2 is 1.75 bits per heavy atom. The molecule has 9 heteroatoms. The zero-order valence-corrected chi connectivity index (χ0v) is 20.3. The summed E-state index contributed by atoms with van der Waals surface area (Å²) in [5.74, 6) is -0.768. The van der Waals surface area contributed by atoms with Gasteiger partial charge in [0.25, 0.3) is 5.91 Å². The van der Waals surface area contributed by atoms with Gasteiger partial charge in [-0.1, -0.05) is 24.3 Å². The second kappa shape index (κ2) is 10.6. The molecular weight excluding hydrogens is 458 g/mol. The summed E-state index contributed by atoms with van der Waals surface area (Å²) in [6.07, 6.45) is 3.60. The van der Waals surface area contributed by atoms with Crippen molar-refractivity contribution in [2.24, 2.45) is 5.18 Å². The molecule has 3 amide bonds. The molecule has 3 aliphatic rings. The van der Waals surface area contributed by atoms with Crippen LogP contribution in [0.1, 0.15) is 47.2 Å². The SMILES string of the molecule is O=Nc1ccccc1N1CCN(CCCCc2cccc3c2CN(C2CCC(=O)NC2=O)C3=O)CC1. The predicted octanol–water partition coefficient (Wildman–Crippen LogP) is 2.99. The van der Waals surface area contributed by atoms with E-state index < -0.39 is 6.04 Å². The number of hydrogen-bond donors (Lipinski definition) is 1. The predicted molar refractivity (Wildman–Crippen MR) is 136 cm³/mol. The first-order chi connectivity index (χ1) is 17.5. The average Bonchev–Trinajstić information content (AvgIpc) is 3.24. The topological polar surface area (TPSA) is 102 Å². The first kappa shape index (κ1) is 24.1. The van der Waals surface area contributed by atoms with E-state index in [1.165, 1.54) is 5.56 Å². The average molecular weight is 490 g/mol. The highest BCUT2D eigenvalue weighted by atomic mass is 16.3. The van der Waals surface area contributed by atoms with Gasteiger partial charge in [-0.15, -0.1) is 4.91 Å². The highest BCUT2D eigenvalue weighted by Gasteiger charge is 2.39. The molecule has 0 aliphatic carbocycles. The third kappa shape index (κ3) is 4.88. The molecule has 0 aromatic heterocycles. The number of rotatable bonds is 8. The molecule has 1 atom stereocenters. The summed E-state index contributed by atoms with van der Waals surface area (Å²) in [7, 11) is 0. The number of imide groups is 1. The van der Waals surface area contributed by atoms with Crippen molar-refractivity contribution in [3.63, 3.8) is 0 Å². The maximum atomic E-state index is 13.0. The summed E-state index contributed by atoms with van der Waals surface area (Å²) in [4.78, 5) is 54.2. The second-order valence-electron chi connectivity index (χ2n) is 9.71. The number of para-hydroxylation sites is 1. The molecule has 2 aromatic rings. The van der Waals surface area contributed by atoms with E-state index in [4.69, 9.17) is 0 Å².